The summed E-state index contributed by atoms with van der Waals surface area (Å²) in [6, 6.07) is 24.1. The molecule has 3 heterocycles. The van der Waals surface area contributed by atoms with Gasteiger partial charge >= 0.3 is 0 Å². The van der Waals surface area contributed by atoms with Gasteiger partial charge in [-0.05, 0) is 48.4 Å². The molecule has 0 saturated carbocycles. The first-order valence-corrected chi connectivity index (χ1v) is 11.2. The Kier molecular flexibility index (Phi) is 4.69. The van der Waals surface area contributed by atoms with Crippen LogP contribution in [0, 0.1) is 0 Å². The van der Waals surface area contributed by atoms with Gasteiger partial charge in [-0.2, -0.15) is 0 Å². The molecule has 0 fully saturated rings. The van der Waals surface area contributed by atoms with Gasteiger partial charge in [0.05, 0.1) is 34.7 Å². The second-order valence-corrected chi connectivity index (χ2v) is 8.38. The van der Waals surface area contributed by atoms with Crippen molar-refractivity contribution >= 4 is 39.0 Å². The van der Waals surface area contributed by atoms with Gasteiger partial charge in [0, 0.05) is 13.6 Å². The highest BCUT2D eigenvalue weighted by Crippen LogP contribution is 2.37. The Bertz CT molecular complexity index is 1660. The largest absolute Gasteiger partial charge is 0.497 e. The number of hydrogen-bond acceptors (Lipinski definition) is 5. The molecule has 6 rings (SSSR count). The average Bonchev–Trinajstić information content (AvgIpc) is 3.34. The van der Waals surface area contributed by atoms with Crippen molar-refractivity contribution in [1.82, 2.24) is 24.1 Å². The first-order valence-electron chi connectivity index (χ1n) is 11.2. The van der Waals surface area contributed by atoms with E-state index in [1.807, 2.05) is 61.6 Å². The van der Waals surface area contributed by atoms with E-state index in [0.717, 1.165) is 56.8 Å². The second kappa shape index (κ2) is 7.88. The predicted molar refractivity (Wildman–Crippen MR) is 136 cm³/mol. The van der Waals surface area contributed by atoms with E-state index in [1.54, 1.807) is 7.11 Å². The summed E-state index contributed by atoms with van der Waals surface area (Å²) in [6.07, 6.45) is 0.800. The normalized spacial score (nSPS) is 11.6. The summed E-state index contributed by atoms with van der Waals surface area (Å²) in [4.78, 5) is 14.9. The lowest BCUT2D eigenvalue weighted by Gasteiger charge is -2.09. The highest BCUT2D eigenvalue weighted by molar-refractivity contribution is 6.01. The molecule has 7 nitrogen and oxygen atoms in total. The smallest absolute Gasteiger partial charge is 0.161 e. The summed E-state index contributed by atoms with van der Waals surface area (Å²) in [7, 11) is 3.69. The summed E-state index contributed by atoms with van der Waals surface area (Å²) in [6.45, 7) is 0.672. The lowest BCUT2D eigenvalue weighted by molar-refractivity contribution is 0.414. The number of fused-ring (bicyclic) bond motifs is 3. The molecule has 3 aromatic heterocycles. The van der Waals surface area contributed by atoms with E-state index < -0.39 is 0 Å². The van der Waals surface area contributed by atoms with Crippen molar-refractivity contribution in [3.05, 3.63) is 78.4 Å². The third-order valence-electron chi connectivity index (χ3n) is 6.39. The first kappa shape index (κ1) is 20.2. The lowest BCUT2D eigenvalue weighted by atomic mass is 10.1. The van der Waals surface area contributed by atoms with Crippen molar-refractivity contribution in [2.45, 2.75) is 13.0 Å². The third-order valence-corrected chi connectivity index (χ3v) is 6.39. The molecular weight excluding hydrogens is 424 g/mol. The zero-order valence-electron chi connectivity index (χ0n) is 19.1. The molecule has 0 amide bonds. The van der Waals surface area contributed by atoms with E-state index in [2.05, 4.69) is 27.3 Å². The molecule has 0 saturated heterocycles. The second-order valence-electron chi connectivity index (χ2n) is 8.38. The van der Waals surface area contributed by atoms with Gasteiger partial charge < -0.3 is 19.6 Å². The number of imidazole rings is 1. The van der Waals surface area contributed by atoms with Gasteiger partial charge in [-0.25, -0.2) is 15.0 Å². The van der Waals surface area contributed by atoms with Crippen molar-refractivity contribution in [3.63, 3.8) is 0 Å². The third kappa shape index (κ3) is 3.16. The molecule has 0 aliphatic carbocycles. The number of methoxy groups -OCH3 is 1. The molecule has 3 aromatic carbocycles. The summed E-state index contributed by atoms with van der Waals surface area (Å²) in [5, 5.41) is 0. The van der Waals surface area contributed by atoms with Crippen LogP contribution in [-0.2, 0) is 20.0 Å². The molecule has 7 heteroatoms. The number of nitrogens with two attached hydrogens (primary N) is 1. The predicted octanol–water partition coefficient (Wildman–Crippen LogP) is 4.97. The topological polar surface area (TPSA) is 83.8 Å². The quantitative estimate of drug-likeness (QED) is 0.402. The number of nitrogens with zero attached hydrogens (tertiary/aromatic N) is 5. The van der Waals surface area contributed by atoms with Crippen molar-refractivity contribution in [1.29, 1.82) is 0 Å². The molecule has 34 heavy (non-hydrogen) atoms. The zero-order chi connectivity index (χ0) is 23.2. The Morgan fingerprint density at radius 1 is 0.824 bits per heavy atom. The minimum Gasteiger partial charge on any atom is -0.497 e. The van der Waals surface area contributed by atoms with Crippen molar-refractivity contribution < 1.29 is 4.74 Å². The molecule has 2 N–H and O–H groups in total. The maximum Gasteiger partial charge on any atom is 0.161 e. The van der Waals surface area contributed by atoms with Crippen LogP contribution in [0.1, 0.15) is 5.56 Å². The van der Waals surface area contributed by atoms with Crippen LogP contribution >= 0.6 is 0 Å². The molecular formula is C27H24N6O. The van der Waals surface area contributed by atoms with Crippen LogP contribution in [0.3, 0.4) is 0 Å². The van der Waals surface area contributed by atoms with E-state index in [1.165, 1.54) is 5.56 Å². The van der Waals surface area contributed by atoms with Gasteiger partial charge in [0.2, 0.25) is 0 Å². The number of para-hydroxylation sites is 4. The maximum absolute atomic E-state index is 6.82. The van der Waals surface area contributed by atoms with Crippen LogP contribution in [0.15, 0.2) is 72.8 Å². The molecule has 0 bridgehead atoms. The number of nitrogen functional groups attached to an aromatic ring is 1. The minimum absolute atomic E-state index is 0.622. The number of anilines is 1. The molecule has 0 radical (unpaired) electrons. The van der Waals surface area contributed by atoms with E-state index in [9.17, 15) is 0 Å². The molecule has 168 valence electrons. The Balaban J connectivity index is 1.54. The first-order chi connectivity index (χ1) is 16.6. The number of benzene rings is 3. The fourth-order valence-corrected chi connectivity index (χ4v) is 4.57. The summed E-state index contributed by atoms with van der Waals surface area (Å²) >= 11 is 0. The monoisotopic (exact) mass is 448 g/mol. The van der Waals surface area contributed by atoms with Gasteiger partial charge in [-0.15, -0.1) is 0 Å². The lowest BCUT2D eigenvalue weighted by Crippen LogP contribution is -2.07. The molecule has 0 aliphatic rings. The minimum atomic E-state index is 0.622. The molecule has 6 aromatic rings. The highest BCUT2D eigenvalue weighted by Gasteiger charge is 2.23. The number of ether oxygens (including phenoxy) is 1. The number of hydrogen-bond donors (Lipinski definition) is 1. The van der Waals surface area contributed by atoms with Crippen molar-refractivity contribution in [2.75, 3.05) is 12.8 Å². The summed E-state index contributed by atoms with van der Waals surface area (Å²) in [5.41, 5.74) is 14.0. The Hall–Kier alpha value is -4.39. The fraction of sp³-hybridized carbons (Fsp3) is 0.148. The molecule has 0 atom stereocenters. The van der Waals surface area contributed by atoms with Crippen LogP contribution < -0.4 is 10.5 Å². The van der Waals surface area contributed by atoms with Gasteiger partial charge in [0.1, 0.15) is 22.9 Å². The molecule has 0 unspecified atom stereocenters. The van der Waals surface area contributed by atoms with E-state index in [4.69, 9.17) is 25.4 Å². The zero-order valence-corrected chi connectivity index (χ0v) is 19.1. The van der Waals surface area contributed by atoms with Gasteiger partial charge in [0.25, 0.3) is 0 Å². The highest BCUT2D eigenvalue weighted by atomic mass is 16.5. The molecule has 0 aliphatic heterocycles. The number of aryl methyl sites for hydroxylation is 3. The number of rotatable bonds is 5. The van der Waals surface area contributed by atoms with Gasteiger partial charge in [-0.1, -0.05) is 36.4 Å². The Morgan fingerprint density at radius 3 is 2.21 bits per heavy atom. The van der Waals surface area contributed by atoms with Crippen LogP contribution in [-0.4, -0.2) is 31.2 Å². The average molecular weight is 449 g/mol. The Morgan fingerprint density at radius 2 is 1.50 bits per heavy atom. The molecule has 0 spiro atoms. The van der Waals surface area contributed by atoms with Crippen LogP contribution in [0.2, 0.25) is 0 Å². The SMILES string of the molecule is COc1ccc(CCn2c(N)c(-c3nc4ccccc4n3C)c3nc4ccccc4nc32)cc1. The van der Waals surface area contributed by atoms with Crippen molar-refractivity contribution in [2.24, 2.45) is 7.05 Å². The van der Waals surface area contributed by atoms with Crippen LogP contribution in [0.5, 0.6) is 5.75 Å². The summed E-state index contributed by atoms with van der Waals surface area (Å²) < 4.78 is 9.42. The fourth-order valence-electron chi connectivity index (χ4n) is 4.57. The Labute approximate surface area is 196 Å². The van der Waals surface area contributed by atoms with E-state index in [-0.39, 0.29) is 0 Å². The maximum atomic E-state index is 6.82. The van der Waals surface area contributed by atoms with Gasteiger partial charge in [0.15, 0.2) is 5.65 Å². The van der Waals surface area contributed by atoms with Crippen LogP contribution in [0.4, 0.5) is 5.82 Å². The standard InChI is InChI=1S/C27H24N6O/c1-32-22-10-6-5-9-21(22)31-26(32)23-24-27(30-20-8-4-3-7-19(20)29-24)33(25(23)28)16-15-17-11-13-18(34-2)14-12-17/h3-14H,15-16,28H2,1-2H3. The number of aromatic nitrogens is 5. The summed E-state index contributed by atoms with van der Waals surface area (Å²) in [5.74, 6) is 2.25. The van der Waals surface area contributed by atoms with E-state index >= 15 is 0 Å². The van der Waals surface area contributed by atoms with Crippen molar-refractivity contribution in [3.8, 4) is 17.1 Å². The van der Waals surface area contributed by atoms with Gasteiger partial charge in [-0.3, -0.25) is 0 Å². The van der Waals surface area contributed by atoms with E-state index in [0.29, 0.717) is 12.4 Å². The van der Waals surface area contributed by atoms with Crippen LogP contribution in [0.25, 0.3) is 44.6 Å².